The van der Waals surface area contributed by atoms with Crippen molar-refractivity contribution in [3.8, 4) is 0 Å². The van der Waals surface area contributed by atoms with Gasteiger partial charge in [-0.25, -0.2) is 4.79 Å². The highest BCUT2D eigenvalue weighted by molar-refractivity contribution is 5.79. The molecule has 0 heterocycles. The minimum atomic E-state index is -0.853. The Morgan fingerprint density at radius 2 is 2.05 bits per heavy atom. The number of carboxylic acid groups (broad SMARTS) is 1. The number of carboxylic acids is 1. The second-order valence-corrected chi connectivity index (χ2v) is 7.27. The molecule has 2 aliphatic carbocycles. The van der Waals surface area contributed by atoms with E-state index in [1.165, 1.54) is 37.3 Å². The van der Waals surface area contributed by atoms with Gasteiger partial charge in [0, 0.05) is 12.0 Å². The standard InChI is InChI=1S/C17H26O2/c1-12-6-8-14-16(2,3)10-5-11-17(14,4)13(12)7-9-15(18)19/h7,9,13-14H,1,5-6,8,10-11H2,2-4H3,(H,18,19)/b9-7+/t13-,14-,17+/m0/s1. The fourth-order valence-electron chi connectivity index (χ4n) is 4.74. The summed E-state index contributed by atoms with van der Waals surface area (Å²) < 4.78 is 0. The molecular weight excluding hydrogens is 236 g/mol. The first-order chi connectivity index (χ1) is 8.77. The molecule has 2 fully saturated rings. The maximum Gasteiger partial charge on any atom is 0.327 e. The van der Waals surface area contributed by atoms with Crippen LogP contribution in [-0.2, 0) is 4.79 Å². The molecule has 0 aromatic heterocycles. The summed E-state index contributed by atoms with van der Waals surface area (Å²) >= 11 is 0. The predicted octanol–water partition coefficient (Wildman–Crippen LogP) is 4.43. The number of aliphatic carboxylic acids is 1. The van der Waals surface area contributed by atoms with Crippen molar-refractivity contribution in [2.75, 3.05) is 0 Å². The molecular formula is C17H26O2. The van der Waals surface area contributed by atoms with E-state index in [0.717, 1.165) is 6.42 Å². The van der Waals surface area contributed by atoms with E-state index in [1.54, 1.807) is 0 Å². The largest absolute Gasteiger partial charge is 0.478 e. The zero-order chi connectivity index (χ0) is 14.3. The average Bonchev–Trinajstić information content (AvgIpc) is 2.26. The van der Waals surface area contributed by atoms with Gasteiger partial charge in [-0.2, -0.15) is 0 Å². The molecule has 0 unspecified atom stereocenters. The third kappa shape index (κ3) is 2.50. The van der Waals surface area contributed by atoms with E-state index in [4.69, 9.17) is 5.11 Å². The summed E-state index contributed by atoms with van der Waals surface area (Å²) in [5.74, 6) is 0.0400. The van der Waals surface area contributed by atoms with E-state index >= 15 is 0 Å². The van der Waals surface area contributed by atoms with Crippen molar-refractivity contribution in [2.24, 2.45) is 22.7 Å². The molecule has 0 aromatic rings. The molecule has 106 valence electrons. The van der Waals surface area contributed by atoms with Crippen LogP contribution in [0.2, 0.25) is 0 Å². The Hall–Kier alpha value is -1.05. The van der Waals surface area contributed by atoms with Crippen molar-refractivity contribution in [3.63, 3.8) is 0 Å². The van der Waals surface area contributed by atoms with Crippen molar-refractivity contribution < 1.29 is 9.90 Å². The van der Waals surface area contributed by atoms with Gasteiger partial charge in [0.25, 0.3) is 0 Å². The normalized spacial score (nSPS) is 38.2. The first-order valence-electron chi connectivity index (χ1n) is 7.36. The summed E-state index contributed by atoms with van der Waals surface area (Å²) in [5.41, 5.74) is 1.76. The Bertz CT molecular complexity index is 419. The molecule has 2 aliphatic rings. The van der Waals surface area contributed by atoms with Crippen LogP contribution in [0.15, 0.2) is 24.3 Å². The Morgan fingerprint density at radius 1 is 1.37 bits per heavy atom. The number of hydrogen-bond donors (Lipinski definition) is 1. The van der Waals surface area contributed by atoms with Crippen molar-refractivity contribution in [3.05, 3.63) is 24.3 Å². The number of fused-ring (bicyclic) bond motifs is 1. The van der Waals surface area contributed by atoms with Crippen LogP contribution in [0.1, 0.15) is 52.9 Å². The molecule has 0 radical (unpaired) electrons. The van der Waals surface area contributed by atoms with E-state index in [9.17, 15) is 4.79 Å². The monoisotopic (exact) mass is 262 g/mol. The number of carbonyl (C=O) groups is 1. The zero-order valence-electron chi connectivity index (χ0n) is 12.4. The Kier molecular flexibility index (Phi) is 3.63. The molecule has 19 heavy (non-hydrogen) atoms. The molecule has 2 nitrogen and oxygen atoms in total. The number of allylic oxidation sites excluding steroid dienone is 2. The quantitative estimate of drug-likeness (QED) is 0.590. The maximum absolute atomic E-state index is 10.8. The Labute approximate surface area is 116 Å². The van der Waals surface area contributed by atoms with E-state index < -0.39 is 5.97 Å². The lowest BCUT2D eigenvalue weighted by Gasteiger charge is -2.57. The summed E-state index contributed by atoms with van der Waals surface area (Å²) in [4.78, 5) is 10.8. The van der Waals surface area contributed by atoms with Gasteiger partial charge in [0.2, 0.25) is 0 Å². The third-order valence-corrected chi connectivity index (χ3v) is 5.61. The van der Waals surface area contributed by atoms with Gasteiger partial charge in [-0.3, -0.25) is 0 Å². The molecule has 3 atom stereocenters. The van der Waals surface area contributed by atoms with Gasteiger partial charge >= 0.3 is 5.97 Å². The lowest BCUT2D eigenvalue weighted by atomic mass is 9.47. The fourth-order valence-corrected chi connectivity index (χ4v) is 4.74. The molecule has 2 rings (SSSR count). The van der Waals surface area contributed by atoms with Gasteiger partial charge in [0.15, 0.2) is 0 Å². The Balaban J connectivity index is 2.35. The van der Waals surface area contributed by atoms with Gasteiger partial charge in [-0.1, -0.05) is 45.4 Å². The van der Waals surface area contributed by atoms with Gasteiger partial charge in [-0.05, 0) is 42.4 Å². The molecule has 0 saturated heterocycles. The van der Waals surface area contributed by atoms with Crippen molar-refractivity contribution >= 4 is 5.97 Å². The van der Waals surface area contributed by atoms with Crippen molar-refractivity contribution in [1.29, 1.82) is 0 Å². The topological polar surface area (TPSA) is 37.3 Å². The van der Waals surface area contributed by atoms with Crippen LogP contribution in [0.5, 0.6) is 0 Å². The first-order valence-corrected chi connectivity index (χ1v) is 7.36. The zero-order valence-corrected chi connectivity index (χ0v) is 12.4. The summed E-state index contributed by atoms with van der Waals surface area (Å²) in [5, 5.41) is 8.90. The van der Waals surface area contributed by atoms with Gasteiger partial charge < -0.3 is 5.11 Å². The summed E-state index contributed by atoms with van der Waals surface area (Å²) in [6.07, 6.45) is 9.16. The van der Waals surface area contributed by atoms with E-state index in [1.807, 2.05) is 6.08 Å². The molecule has 2 saturated carbocycles. The second kappa shape index (κ2) is 4.81. The Morgan fingerprint density at radius 3 is 2.68 bits per heavy atom. The minimum Gasteiger partial charge on any atom is -0.478 e. The molecule has 1 N–H and O–H groups in total. The fraction of sp³-hybridized carbons (Fsp3) is 0.706. The highest BCUT2D eigenvalue weighted by atomic mass is 16.4. The van der Waals surface area contributed by atoms with Crippen LogP contribution in [0.3, 0.4) is 0 Å². The molecule has 0 spiro atoms. The highest BCUT2D eigenvalue weighted by Crippen LogP contribution is 2.61. The van der Waals surface area contributed by atoms with Crippen LogP contribution in [0.4, 0.5) is 0 Å². The van der Waals surface area contributed by atoms with Crippen LogP contribution in [0, 0.1) is 22.7 Å². The van der Waals surface area contributed by atoms with Crippen molar-refractivity contribution in [2.45, 2.75) is 52.9 Å². The molecule has 0 bridgehead atoms. The van der Waals surface area contributed by atoms with Crippen LogP contribution < -0.4 is 0 Å². The van der Waals surface area contributed by atoms with E-state index in [2.05, 4.69) is 27.4 Å². The molecule has 0 aromatic carbocycles. The number of hydrogen-bond acceptors (Lipinski definition) is 1. The van der Waals surface area contributed by atoms with Gasteiger partial charge in [0.05, 0.1) is 0 Å². The maximum atomic E-state index is 10.8. The van der Waals surface area contributed by atoms with Crippen LogP contribution in [-0.4, -0.2) is 11.1 Å². The number of rotatable bonds is 2. The van der Waals surface area contributed by atoms with Crippen LogP contribution >= 0.6 is 0 Å². The summed E-state index contributed by atoms with van der Waals surface area (Å²) in [6, 6.07) is 0. The molecule has 0 amide bonds. The first kappa shape index (κ1) is 14.4. The van der Waals surface area contributed by atoms with Gasteiger partial charge in [0.1, 0.15) is 0 Å². The molecule has 0 aliphatic heterocycles. The minimum absolute atomic E-state index is 0.184. The van der Waals surface area contributed by atoms with Gasteiger partial charge in [-0.15, -0.1) is 0 Å². The van der Waals surface area contributed by atoms with E-state index in [0.29, 0.717) is 11.3 Å². The highest BCUT2D eigenvalue weighted by Gasteiger charge is 2.52. The second-order valence-electron chi connectivity index (χ2n) is 7.27. The summed E-state index contributed by atoms with van der Waals surface area (Å²) in [7, 11) is 0. The lowest BCUT2D eigenvalue weighted by Crippen LogP contribution is -2.48. The van der Waals surface area contributed by atoms with Crippen LogP contribution in [0.25, 0.3) is 0 Å². The third-order valence-electron chi connectivity index (χ3n) is 5.61. The molecule has 2 heteroatoms. The lowest BCUT2D eigenvalue weighted by molar-refractivity contribution is -0.131. The smallest absolute Gasteiger partial charge is 0.327 e. The SMILES string of the molecule is C=C1CC[C@H]2C(C)(C)CCC[C@]2(C)[C@H]1/C=C/C(=O)O. The van der Waals surface area contributed by atoms with E-state index in [-0.39, 0.29) is 11.3 Å². The average molecular weight is 262 g/mol. The van der Waals surface area contributed by atoms with Crippen molar-refractivity contribution in [1.82, 2.24) is 0 Å². The predicted molar refractivity (Wildman–Crippen MR) is 77.9 cm³/mol. The summed E-state index contributed by atoms with van der Waals surface area (Å²) in [6.45, 7) is 11.3.